The van der Waals surface area contributed by atoms with Gasteiger partial charge in [0.25, 0.3) is 0 Å². The van der Waals surface area contributed by atoms with E-state index in [0.717, 1.165) is 12.0 Å². The Hall–Kier alpha value is -2.10. The number of sulfonamides is 1. The highest BCUT2D eigenvalue weighted by Crippen LogP contribution is 2.34. The van der Waals surface area contributed by atoms with Gasteiger partial charge in [-0.1, -0.05) is 0 Å². The van der Waals surface area contributed by atoms with Crippen LogP contribution in [0.2, 0.25) is 0 Å². The van der Waals surface area contributed by atoms with Crippen molar-refractivity contribution in [2.24, 2.45) is 7.05 Å². The van der Waals surface area contributed by atoms with E-state index in [1.165, 1.54) is 4.31 Å². The first-order valence-corrected chi connectivity index (χ1v) is 9.98. The van der Waals surface area contributed by atoms with Crippen LogP contribution in [-0.4, -0.2) is 55.4 Å². The van der Waals surface area contributed by atoms with Gasteiger partial charge in [0.15, 0.2) is 11.5 Å². The Labute approximate surface area is 152 Å². The Kier molecular flexibility index (Phi) is 4.60. The molecule has 9 heteroatoms. The van der Waals surface area contributed by atoms with E-state index >= 15 is 0 Å². The number of nitrogens with zero attached hydrogens (tertiary/aromatic N) is 3. The molecule has 26 heavy (non-hydrogen) atoms. The highest BCUT2D eigenvalue weighted by molar-refractivity contribution is 7.89. The number of ether oxygens (including phenoxy) is 3. The largest absolute Gasteiger partial charge is 0.490 e. The number of aromatic nitrogens is 2. The van der Waals surface area contributed by atoms with Gasteiger partial charge in [0.2, 0.25) is 10.0 Å². The molecular weight excluding hydrogens is 358 g/mol. The number of morpholine rings is 1. The van der Waals surface area contributed by atoms with Crippen LogP contribution in [-0.2, 0) is 21.8 Å². The molecule has 8 nitrogen and oxygen atoms in total. The summed E-state index contributed by atoms with van der Waals surface area (Å²) in [6.45, 7) is 1.98. The summed E-state index contributed by atoms with van der Waals surface area (Å²) in [5.41, 5.74) is 0.867. The molecule has 1 unspecified atom stereocenters. The van der Waals surface area contributed by atoms with Gasteiger partial charge in [-0.05, 0) is 12.1 Å². The highest BCUT2D eigenvalue weighted by Gasteiger charge is 2.32. The molecule has 2 aliphatic rings. The monoisotopic (exact) mass is 379 g/mol. The molecule has 0 spiro atoms. The van der Waals surface area contributed by atoms with Crippen molar-refractivity contribution in [3.05, 3.63) is 36.2 Å². The molecule has 0 aliphatic carbocycles. The molecule has 0 bridgehead atoms. The summed E-state index contributed by atoms with van der Waals surface area (Å²) in [4.78, 5) is 0.202. The molecule has 0 radical (unpaired) electrons. The number of rotatable bonds is 3. The molecule has 1 aromatic heterocycles. The summed E-state index contributed by atoms with van der Waals surface area (Å²) < 4.78 is 46.3. The van der Waals surface area contributed by atoms with Crippen LogP contribution in [0.1, 0.15) is 18.1 Å². The van der Waals surface area contributed by atoms with E-state index in [4.69, 9.17) is 14.2 Å². The molecule has 0 N–H and O–H groups in total. The van der Waals surface area contributed by atoms with Crippen LogP contribution in [0.3, 0.4) is 0 Å². The second kappa shape index (κ2) is 6.90. The first-order chi connectivity index (χ1) is 12.5. The number of benzene rings is 1. The van der Waals surface area contributed by atoms with Crippen LogP contribution in [0.4, 0.5) is 0 Å². The van der Waals surface area contributed by atoms with E-state index in [0.29, 0.717) is 37.9 Å². The Morgan fingerprint density at radius 3 is 2.73 bits per heavy atom. The smallest absolute Gasteiger partial charge is 0.243 e. The van der Waals surface area contributed by atoms with Crippen LogP contribution in [0.15, 0.2) is 35.5 Å². The van der Waals surface area contributed by atoms with E-state index < -0.39 is 10.0 Å². The zero-order chi connectivity index (χ0) is 18.1. The van der Waals surface area contributed by atoms with Gasteiger partial charge in [0.1, 0.15) is 0 Å². The van der Waals surface area contributed by atoms with E-state index in [1.807, 2.05) is 13.2 Å². The Balaban J connectivity index is 1.58. The van der Waals surface area contributed by atoms with E-state index in [1.54, 1.807) is 29.1 Å². The quantitative estimate of drug-likeness (QED) is 0.800. The Morgan fingerprint density at radius 1 is 1.15 bits per heavy atom. The minimum absolute atomic E-state index is 0.202. The molecule has 2 aromatic rings. The van der Waals surface area contributed by atoms with Crippen LogP contribution in [0.5, 0.6) is 11.5 Å². The summed E-state index contributed by atoms with van der Waals surface area (Å²) in [5, 5.41) is 4.13. The Bertz CT molecular complexity index is 896. The first-order valence-electron chi connectivity index (χ1n) is 8.54. The topological polar surface area (TPSA) is 82.9 Å². The molecule has 0 amide bonds. The zero-order valence-electron chi connectivity index (χ0n) is 14.5. The van der Waals surface area contributed by atoms with Gasteiger partial charge in [0, 0.05) is 44.4 Å². The van der Waals surface area contributed by atoms with Crippen LogP contribution < -0.4 is 9.47 Å². The molecule has 3 heterocycles. The van der Waals surface area contributed by atoms with Gasteiger partial charge < -0.3 is 14.2 Å². The fourth-order valence-electron chi connectivity index (χ4n) is 3.11. The van der Waals surface area contributed by atoms with Crippen molar-refractivity contribution in [3.8, 4) is 11.5 Å². The van der Waals surface area contributed by atoms with Crippen molar-refractivity contribution in [2.45, 2.75) is 17.4 Å². The number of hydrogen-bond donors (Lipinski definition) is 0. The SMILES string of the molecule is Cn1cc(C2CN(S(=O)(=O)c3ccc4c(c3)OCCCO4)CCO2)cn1. The number of fused-ring (bicyclic) bond motifs is 1. The molecule has 1 atom stereocenters. The van der Waals surface area contributed by atoms with Crippen molar-refractivity contribution in [2.75, 3.05) is 32.9 Å². The summed E-state index contributed by atoms with van der Waals surface area (Å²) >= 11 is 0. The molecule has 140 valence electrons. The van der Waals surface area contributed by atoms with Crippen molar-refractivity contribution in [1.82, 2.24) is 14.1 Å². The Morgan fingerprint density at radius 2 is 1.96 bits per heavy atom. The normalized spacial score (nSPS) is 21.3. The van der Waals surface area contributed by atoms with Gasteiger partial charge in [-0.15, -0.1) is 0 Å². The summed E-state index contributed by atoms with van der Waals surface area (Å²) in [7, 11) is -1.83. The van der Waals surface area contributed by atoms with Gasteiger partial charge in [-0.3, -0.25) is 4.68 Å². The van der Waals surface area contributed by atoms with Gasteiger partial charge in [-0.2, -0.15) is 9.40 Å². The van der Waals surface area contributed by atoms with Crippen molar-refractivity contribution < 1.29 is 22.6 Å². The third kappa shape index (κ3) is 3.29. The third-order valence-electron chi connectivity index (χ3n) is 4.48. The lowest BCUT2D eigenvalue weighted by Gasteiger charge is -2.31. The van der Waals surface area contributed by atoms with E-state index in [-0.39, 0.29) is 17.5 Å². The first kappa shape index (κ1) is 17.3. The zero-order valence-corrected chi connectivity index (χ0v) is 15.3. The average molecular weight is 379 g/mol. The summed E-state index contributed by atoms with van der Waals surface area (Å²) in [6, 6.07) is 4.77. The molecule has 1 fully saturated rings. The third-order valence-corrected chi connectivity index (χ3v) is 6.34. The second-order valence-corrected chi connectivity index (χ2v) is 8.27. The maximum absolute atomic E-state index is 13.1. The van der Waals surface area contributed by atoms with Crippen LogP contribution in [0, 0.1) is 0 Å². The van der Waals surface area contributed by atoms with E-state index in [2.05, 4.69) is 5.10 Å². The number of hydrogen-bond acceptors (Lipinski definition) is 6. The minimum Gasteiger partial charge on any atom is -0.490 e. The van der Waals surface area contributed by atoms with Crippen LogP contribution in [0.25, 0.3) is 0 Å². The predicted octanol–water partition coefficient (Wildman–Crippen LogP) is 1.34. The molecule has 2 aliphatic heterocycles. The number of aryl methyl sites for hydroxylation is 1. The predicted molar refractivity (Wildman–Crippen MR) is 92.7 cm³/mol. The van der Waals surface area contributed by atoms with Crippen molar-refractivity contribution >= 4 is 10.0 Å². The van der Waals surface area contributed by atoms with Crippen molar-refractivity contribution in [3.63, 3.8) is 0 Å². The lowest BCUT2D eigenvalue weighted by molar-refractivity contribution is -0.00259. The average Bonchev–Trinajstić information content (AvgIpc) is 2.95. The lowest BCUT2D eigenvalue weighted by atomic mass is 10.2. The van der Waals surface area contributed by atoms with Gasteiger partial charge in [-0.25, -0.2) is 8.42 Å². The minimum atomic E-state index is -3.65. The maximum Gasteiger partial charge on any atom is 0.243 e. The highest BCUT2D eigenvalue weighted by atomic mass is 32.2. The van der Waals surface area contributed by atoms with Gasteiger partial charge >= 0.3 is 0 Å². The molecule has 1 saturated heterocycles. The second-order valence-electron chi connectivity index (χ2n) is 6.33. The summed E-state index contributed by atoms with van der Waals surface area (Å²) in [5.74, 6) is 1.05. The van der Waals surface area contributed by atoms with Crippen molar-refractivity contribution in [1.29, 1.82) is 0 Å². The fraction of sp³-hybridized carbons (Fsp3) is 0.471. The molecular formula is C17H21N3O5S. The fourth-order valence-corrected chi connectivity index (χ4v) is 4.55. The molecule has 1 aromatic carbocycles. The summed E-state index contributed by atoms with van der Waals surface area (Å²) in [6.07, 6.45) is 3.99. The van der Waals surface area contributed by atoms with E-state index in [9.17, 15) is 8.42 Å². The van der Waals surface area contributed by atoms with Gasteiger partial charge in [0.05, 0.1) is 37.0 Å². The van der Waals surface area contributed by atoms with Crippen LogP contribution >= 0.6 is 0 Å². The maximum atomic E-state index is 13.1. The molecule has 4 rings (SSSR count). The molecule has 0 saturated carbocycles. The standard InChI is InChI=1S/C17H21N3O5S/c1-19-11-13(10-18-19)17-12-20(5-8-25-17)26(21,22)14-3-4-15-16(9-14)24-7-2-6-23-15/h3-4,9-11,17H,2,5-8,12H2,1H3. The lowest BCUT2D eigenvalue weighted by Crippen LogP contribution is -2.42.